The van der Waals surface area contributed by atoms with E-state index < -0.39 is 23.7 Å². The van der Waals surface area contributed by atoms with Crippen molar-refractivity contribution in [1.29, 1.82) is 0 Å². The normalized spacial score (nSPS) is 12.7. The van der Waals surface area contributed by atoms with Crippen molar-refractivity contribution in [3.63, 3.8) is 0 Å². The molecule has 2 aromatic carbocycles. The van der Waals surface area contributed by atoms with Crippen LogP contribution in [0.1, 0.15) is 40.2 Å². The van der Waals surface area contributed by atoms with E-state index in [4.69, 9.17) is 9.47 Å². The average Bonchev–Trinajstić information content (AvgIpc) is 2.66. The summed E-state index contributed by atoms with van der Waals surface area (Å²) in [7, 11) is 0. The van der Waals surface area contributed by atoms with Gasteiger partial charge in [0.1, 0.15) is 17.1 Å². The third-order valence-electron chi connectivity index (χ3n) is 4.43. The lowest BCUT2D eigenvalue weighted by molar-refractivity contribution is -0.138. The Morgan fingerprint density at radius 3 is 2.22 bits per heavy atom. The van der Waals surface area contributed by atoms with Gasteiger partial charge in [-0.25, -0.2) is 9.59 Å². The van der Waals surface area contributed by atoms with Gasteiger partial charge >= 0.3 is 12.1 Å². The van der Waals surface area contributed by atoms with Crippen molar-refractivity contribution in [2.45, 2.75) is 52.7 Å². The number of phenols is 2. The molecule has 0 radical (unpaired) electrons. The lowest BCUT2D eigenvalue weighted by Crippen LogP contribution is -2.39. The van der Waals surface area contributed by atoms with E-state index in [1.54, 1.807) is 52.8 Å². The van der Waals surface area contributed by atoms with Gasteiger partial charge < -0.3 is 25.0 Å². The van der Waals surface area contributed by atoms with Crippen LogP contribution in [0.2, 0.25) is 0 Å². The molecule has 7 nitrogen and oxygen atoms in total. The van der Waals surface area contributed by atoms with Gasteiger partial charge in [-0.2, -0.15) is 0 Å². The molecule has 0 aliphatic rings. The highest BCUT2D eigenvalue weighted by atomic mass is 16.6. The number of aromatic hydroxyl groups is 2. The van der Waals surface area contributed by atoms with E-state index in [9.17, 15) is 19.8 Å². The summed E-state index contributed by atoms with van der Waals surface area (Å²) in [6.07, 6.45) is 1.12. The Morgan fingerprint density at radius 2 is 1.69 bits per heavy atom. The van der Waals surface area contributed by atoms with Crippen molar-refractivity contribution < 1.29 is 29.3 Å². The lowest BCUT2D eigenvalue weighted by atomic mass is 9.97. The van der Waals surface area contributed by atoms with Crippen LogP contribution in [0, 0.1) is 0 Å². The van der Waals surface area contributed by atoms with E-state index in [0.29, 0.717) is 22.3 Å². The summed E-state index contributed by atoms with van der Waals surface area (Å²) in [5, 5.41) is 23.8. The maximum atomic E-state index is 12.3. The van der Waals surface area contributed by atoms with Crippen LogP contribution in [0.4, 0.5) is 4.79 Å². The number of phenolic OH excluding ortho intramolecular Hbond substituents is 2. The van der Waals surface area contributed by atoms with E-state index in [2.05, 4.69) is 5.32 Å². The molecule has 0 heterocycles. The zero-order valence-corrected chi connectivity index (χ0v) is 19.1. The van der Waals surface area contributed by atoms with Crippen LogP contribution in [-0.2, 0) is 20.7 Å². The van der Waals surface area contributed by atoms with Crippen LogP contribution in [0.3, 0.4) is 0 Å². The maximum Gasteiger partial charge on any atom is 0.408 e. The Hall–Kier alpha value is -3.48. The Kier molecular flexibility index (Phi) is 8.29. The van der Waals surface area contributed by atoms with Gasteiger partial charge in [0.15, 0.2) is 0 Å². The lowest BCUT2D eigenvalue weighted by Gasteiger charge is -2.23. The molecule has 1 amide bonds. The Morgan fingerprint density at radius 1 is 1.09 bits per heavy atom. The average molecular weight is 442 g/mol. The predicted molar refractivity (Wildman–Crippen MR) is 122 cm³/mol. The molecule has 0 saturated carbocycles. The number of esters is 1. The van der Waals surface area contributed by atoms with Crippen molar-refractivity contribution in [2.24, 2.45) is 0 Å². The quantitative estimate of drug-likeness (QED) is 0.425. The zero-order valence-electron chi connectivity index (χ0n) is 19.1. The topological polar surface area (TPSA) is 105 Å². The Labute approximate surface area is 188 Å². The number of alkyl carbamates (subject to hydrolysis) is 1. The standard InChI is InChI=1S/C25H31NO6/c1-6-31-23(29)16(2)12-19(26-24(30)32-25(3,4)5)13-17-14-20(27)22(21(28)15-17)18-10-8-7-9-11-18/h7-12,14-15,19,27-28H,6,13H2,1-5H3,(H,26,30)/b16-12+/t19-/m1/s1. The summed E-state index contributed by atoms with van der Waals surface area (Å²) in [4.78, 5) is 24.4. The van der Waals surface area contributed by atoms with Crippen LogP contribution in [0.25, 0.3) is 11.1 Å². The molecule has 3 N–H and O–H groups in total. The minimum absolute atomic E-state index is 0.0895. The number of benzene rings is 2. The maximum absolute atomic E-state index is 12.3. The van der Waals surface area contributed by atoms with Crippen LogP contribution in [-0.4, -0.2) is 40.5 Å². The van der Waals surface area contributed by atoms with Gasteiger partial charge in [-0.15, -0.1) is 0 Å². The summed E-state index contributed by atoms with van der Waals surface area (Å²) < 4.78 is 10.3. The minimum atomic E-state index is -0.692. The monoisotopic (exact) mass is 441 g/mol. The molecule has 0 aromatic heterocycles. The fourth-order valence-electron chi connectivity index (χ4n) is 3.17. The SMILES string of the molecule is CCOC(=O)/C(C)=C/[C@H](Cc1cc(O)c(-c2ccccc2)c(O)c1)NC(=O)OC(C)(C)C. The van der Waals surface area contributed by atoms with E-state index in [-0.39, 0.29) is 24.5 Å². The first-order valence-electron chi connectivity index (χ1n) is 10.5. The first-order valence-corrected chi connectivity index (χ1v) is 10.5. The number of amides is 1. The number of carbonyl (C=O) groups is 2. The van der Waals surface area contributed by atoms with Gasteiger partial charge in [-0.3, -0.25) is 0 Å². The van der Waals surface area contributed by atoms with Crippen molar-refractivity contribution in [2.75, 3.05) is 6.61 Å². The molecule has 172 valence electrons. The summed E-state index contributed by atoms with van der Waals surface area (Å²) >= 11 is 0. The fourth-order valence-corrected chi connectivity index (χ4v) is 3.17. The van der Waals surface area contributed by atoms with E-state index in [0.717, 1.165) is 0 Å². The van der Waals surface area contributed by atoms with E-state index in [1.165, 1.54) is 12.1 Å². The summed E-state index contributed by atoms with van der Waals surface area (Å²) in [5.41, 5.74) is 1.19. The highest BCUT2D eigenvalue weighted by Gasteiger charge is 2.21. The van der Waals surface area contributed by atoms with Crippen LogP contribution >= 0.6 is 0 Å². The van der Waals surface area contributed by atoms with Gasteiger partial charge in [0.25, 0.3) is 0 Å². The molecule has 2 rings (SSSR count). The number of nitrogens with one attached hydrogen (secondary N) is 1. The second-order valence-electron chi connectivity index (χ2n) is 8.40. The first-order chi connectivity index (χ1) is 15.0. The highest BCUT2D eigenvalue weighted by molar-refractivity contribution is 5.88. The molecule has 1 atom stereocenters. The fraction of sp³-hybridized carbons (Fsp3) is 0.360. The molecular formula is C25H31NO6. The summed E-state index contributed by atoms with van der Waals surface area (Å²) in [6, 6.07) is 11.4. The molecule has 0 bridgehead atoms. The molecule has 0 saturated heterocycles. The number of hydrogen-bond acceptors (Lipinski definition) is 6. The van der Waals surface area contributed by atoms with Gasteiger partial charge in [0.2, 0.25) is 0 Å². The minimum Gasteiger partial charge on any atom is -0.507 e. The number of carbonyl (C=O) groups excluding carboxylic acids is 2. The van der Waals surface area contributed by atoms with E-state index >= 15 is 0 Å². The van der Waals surface area contributed by atoms with Crippen molar-refractivity contribution in [3.05, 3.63) is 59.7 Å². The predicted octanol–water partition coefficient (Wildman–Crippen LogP) is 4.71. The smallest absolute Gasteiger partial charge is 0.408 e. The molecule has 0 aliphatic heterocycles. The zero-order chi connectivity index (χ0) is 23.9. The molecule has 0 unspecified atom stereocenters. The second kappa shape index (κ2) is 10.7. The second-order valence-corrected chi connectivity index (χ2v) is 8.40. The molecule has 7 heteroatoms. The molecule has 2 aromatic rings. The van der Waals surface area contributed by atoms with Crippen molar-refractivity contribution in [3.8, 4) is 22.6 Å². The largest absolute Gasteiger partial charge is 0.507 e. The third kappa shape index (κ3) is 7.34. The van der Waals surface area contributed by atoms with Gasteiger partial charge in [-0.05, 0) is 64.3 Å². The van der Waals surface area contributed by atoms with Gasteiger partial charge in [-0.1, -0.05) is 36.4 Å². The van der Waals surface area contributed by atoms with Gasteiger partial charge in [0.05, 0.1) is 18.2 Å². The highest BCUT2D eigenvalue weighted by Crippen LogP contribution is 2.38. The summed E-state index contributed by atoms with van der Waals surface area (Å²) in [5.74, 6) is -0.671. The molecular weight excluding hydrogens is 410 g/mol. The Bertz CT molecular complexity index is 953. The molecule has 0 spiro atoms. The van der Waals surface area contributed by atoms with Crippen LogP contribution < -0.4 is 5.32 Å². The summed E-state index contributed by atoms with van der Waals surface area (Å²) in [6.45, 7) is 8.78. The van der Waals surface area contributed by atoms with Gasteiger partial charge in [0, 0.05) is 5.57 Å². The Balaban J connectivity index is 2.32. The van der Waals surface area contributed by atoms with Crippen LogP contribution in [0.5, 0.6) is 11.5 Å². The van der Waals surface area contributed by atoms with E-state index in [1.807, 2.05) is 18.2 Å². The molecule has 0 aliphatic carbocycles. The number of ether oxygens (including phenoxy) is 2. The van der Waals surface area contributed by atoms with Crippen molar-refractivity contribution >= 4 is 12.1 Å². The number of rotatable bonds is 7. The van der Waals surface area contributed by atoms with Crippen molar-refractivity contribution in [1.82, 2.24) is 5.32 Å². The molecule has 0 fully saturated rings. The third-order valence-corrected chi connectivity index (χ3v) is 4.43. The number of hydrogen-bond donors (Lipinski definition) is 3. The molecule has 32 heavy (non-hydrogen) atoms. The first kappa shape index (κ1) is 24.8. The van der Waals surface area contributed by atoms with Crippen LogP contribution in [0.15, 0.2) is 54.1 Å².